The number of carboxylic acid groups (broad SMARTS) is 3. The van der Waals surface area contributed by atoms with Gasteiger partial charge in [-0.25, -0.2) is 14.4 Å². The summed E-state index contributed by atoms with van der Waals surface area (Å²) >= 11 is 0. The zero-order valence-corrected chi connectivity index (χ0v) is 15.4. The minimum Gasteiger partial charge on any atom is -0.475 e. The Morgan fingerprint density at radius 2 is 0.840 bits per heavy atom. The van der Waals surface area contributed by atoms with E-state index in [2.05, 4.69) is 13.3 Å². The molecule has 0 saturated carbocycles. The fraction of sp³-hybridized carbons (Fsp3) is 0. The van der Waals surface area contributed by atoms with Gasteiger partial charge in [-0.2, -0.15) is 0 Å². The van der Waals surface area contributed by atoms with E-state index in [1.807, 2.05) is 0 Å². The van der Waals surface area contributed by atoms with Crippen LogP contribution in [0.1, 0.15) is 31.7 Å². The van der Waals surface area contributed by atoms with Crippen LogP contribution in [0.15, 0.2) is 68.4 Å². The molecular formula is C15H12O9Y. The number of hydrogen-bond acceptors (Lipinski definition) is 6. The van der Waals surface area contributed by atoms with Gasteiger partial charge in [0.1, 0.15) is 0 Å². The van der Waals surface area contributed by atoms with E-state index in [9.17, 15) is 14.4 Å². The number of hydrogen-bond donors (Lipinski definition) is 3. The molecule has 0 aliphatic rings. The Kier molecular flexibility index (Phi) is 10.6. The molecule has 0 unspecified atom stereocenters. The molecule has 0 amide bonds. The van der Waals surface area contributed by atoms with Crippen molar-refractivity contribution in [1.82, 2.24) is 0 Å². The first kappa shape index (κ1) is 22.4. The summed E-state index contributed by atoms with van der Waals surface area (Å²) in [7, 11) is 0. The first-order chi connectivity index (χ1) is 11.4. The standard InChI is InChI=1S/3C5H4O3.Y/c3*6-5(7)4-2-1-3-8-4;/h3*1-3H,(H,6,7);. The van der Waals surface area contributed by atoms with Gasteiger partial charge in [-0.3, -0.25) is 0 Å². The summed E-state index contributed by atoms with van der Waals surface area (Å²) in [6.07, 6.45) is 3.97. The van der Waals surface area contributed by atoms with Gasteiger partial charge in [0.15, 0.2) is 0 Å². The molecule has 0 spiro atoms. The Bertz CT molecular complexity index is 638. The molecule has 1 radical (unpaired) electrons. The van der Waals surface area contributed by atoms with Crippen LogP contribution in [0.2, 0.25) is 0 Å². The normalized spacial score (nSPS) is 8.64. The van der Waals surface area contributed by atoms with E-state index in [-0.39, 0.29) is 50.0 Å². The van der Waals surface area contributed by atoms with Gasteiger partial charge in [0.2, 0.25) is 17.3 Å². The van der Waals surface area contributed by atoms with Gasteiger partial charge < -0.3 is 28.6 Å². The zero-order valence-electron chi connectivity index (χ0n) is 12.6. The summed E-state index contributed by atoms with van der Waals surface area (Å²) < 4.78 is 13.5. The molecule has 129 valence electrons. The first-order valence-corrected chi connectivity index (χ1v) is 6.22. The average molecular weight is 425 g/mol. The van der Waals surface area contributed by atoms with E-state index in [4.69, 9.17) is 15.3 Å². The summed E-state index contributed by atoms with van der Waals surface area (Å²) in [6, 6.07) is 8.77. The first-order valence-electron chi connectivity index (χ1n) is 6.22. The van der Waals surface area contributed by atoms with E-state index in [0.717, 1.165) is 0 Å². The van der Waals surface area contributed by atoms with Crippen molar-refractivity contribution in [3.63, 3.8) is 0 Å². The van der Waals surface area contributed by atoms with E-state index < -0.39 is 17.9 Å². The van der Waals surface area contributed by atoms with Crippen LogP contribution >= 0.6 is 0 Å². The zero-order chi connectivity index (χ0) is 17.9. The van der Waals surface area contributed by atoms with Gasteiger partial charge in [-0.15, -0.1) is 0 Å². The third-order valence-corrected chi connectivity index (χ3v) is 2.20. The van der Waals surface area contributed by atoms with Crippen molar-refractivity contribution in [3.05, 3.63) is 72.5 Å². The predicted octanol–water partition coefficient (Wildman–Crippen LogP) is 2.93. The Hall–Kier alpha value is -2.65. The molecule has 3 aromatic heterocycles. The van der Waals surface area contributed by atoms with E-state index in [1.54, 1.807) is 0 Å². The van der Waals surface area contributed by atoms with Crippen molar-refractivity contribution in [1.29, 1.82) is 0 Å². The molecule has 9 nitrogen and oxygen atoms in total. The van der Waals surface area contributed by atoms with Crippen LogP contribution in [0, 0.1) is 0 Å². The molecule has 0 aromatic carbocycles. The Morgan fingerprint density at radius 3 is 0.920 bits per heavy atom. The minimum absolute atomic E-state index is 0. The van der Waals surface area contributed by atoms with Gasteiger partial charge in [0.25, 0.3) is 0 Å². The number of carbonyl (C=O) groups is 3. The van der Waals surface area contributed by atoms with Gasteiger partial charge in [-0.05, 0) is 36.4 Å². The van der Waals surface area contributed by atoms with Crippen LogP contribution in [-0.2, 0) is 32.7 Å². The maximum atomic E-state index is 9.97. The van der Waals surface area contributed by atoms with E-state index in [0.29, 0.717) is 0 Å². The second-order valence-electron chi connectivity index (χ2n) is 3.85. The molecule has 0 fully saturated rings. The van der Waals surface area contributed by atoms with Gasteiger partial charge >= 0.3 is 17.9 Å². The monoisotopic (exact) mass is 425 g/mol. The summed E-state index contributed by atoms with van der Waals surface area (Å²) in [6.45, 7) is 0. The summed E-state index contributed by atoms with van der Waals surface area (Å²) in [4.78, 5) is 29.9. The van der Waals surface area contributed by atoms with Crippen LogP contribution in [0.25, 0.3) is 0 Å². The largest absolute Gasteiger partial charge is 0.475 e. The topological polar surface area (TPSA) is 151 Å². The fourth-order valence-electron chi connectivity index (χ4n) is 1.20. The molecule has 0 aliphatic heterocycles. The van der Waals surface area contributed by atoms with E-state index >= 15 is 0 Å². The SMILES string of the molecule is O=C(O)c1ccco1.O=C(O)c1ccco1.O=C(O)c1ccco1.[Y]. The molecule has 0 bridgehead atoms. The maximum Gasteiger partial charge on any atom is 0.371 e. The van der Waals surface area contributed by atoms with Crippen LogP contribution in [0.5, 0.6) is 0 Å². The van der Waals surface area contributed by atoms with Crippen molar-refractivity contribution < 1.29 is 75.7 Å². The Labute approximate surface area is 165 Å². The number of carboxylic acids is 3. The van der Waals surface area contributed by atoms with Crippen molar-refractivity contribution in [2.45, 2.75) is 0 Å². The molecule has 3 rings (SSSR count). The summed E-state index contributed by atoms with van der Waals surface area (Å²) in [5.41, 5.74) is 0. The van der Waals surface area contributed by atoms with Crippen LogP contribution in [0.3, 0.4) is 0 Å². The smallest absolute Gasteiger partial charge is 0.371 e. The van der Waals surface area contributed by atoms with Crippen LogP contribution < -0.4 is 0 Å². The molecule has 3 N–H and O–H groups in total. The van der Waals surface area contributed by atoms with Gasteiger partial charge in [0.05, 0.1) is 18.8 Å². The van der Waals surface area contributed by atoms with Crippen molar-refractivity contribution >= 4 is 17.9 Å². The fourth-order valence-corrected chi connectivity index (χ4v) is 1.20. The second-order valence-corrected chi connectivity index (χ2v) is 3.85. The van der Waals surface area contributed by atoms with Crippen LogP contribution in [-0.4, -0.2) is 33.2 Å². The predicted molar refractivity (Wildman–Crippen MR) is 77.0 cm³/mol. The average Bonchev–Trinajstić information content (AvgIpc) is 3.29. The number of furan rings is 3. The molecule has 3 aromatic rings. The minimum atomic E-state index is -1.03. The molecule has 0 atom stereocenters. The molecule has 25 heavy (non-hydrogen) atoms. The Balaban J connectivity index is 0.000000339. The Morgan fingerprint density at radius 1 is 0.600 bits per heavy atom. The van der Waals surface area contributed by atoms with Crippen molar-refractivity contribution in [2.75, 3.05) is 0 Å². The molecule has 10 heteroatoms. The molecule has 0 aliphatic carbocycles. The van der Waals surface area contributed by atoms with Crippen molar-refractivity contribution in [2.24, 2.45) is 0 Å². The summed E-state index contributed by atoms with van der Waals surface area (Å²) in [5.74, 6) is -3.17. The van der Waals surface area contributed by atoms with Crippen LogP contribution in [0.4, 0.5) is 0 Å². The molecule has 3 heterocycles. The third-order valence-electron chi connectivity index (χ3n) is 2.20. The van der Waals surface area contributed by atoms with Gasteiger partial charge in [0, 0.05) is 32.7 Å². The van der Waals surface area contributed by atoms with E-state index in [1.165, 1.54) is 55.2 Å². The maximum absolute atomic E-state index is 9.97. The van der Waals surface area contributed by atoms with Gasteiger partial charge in [-0.1, -0.05) is 0 Å². The molecule has 0 saturated heterocycles. The molecular weight excluding hydrogens is 413 g/mol. The van der Waals surface area contributed by atoms with Crippen molar-refractivity contribution in [3.8, 4) is 0 Å². The third kappa shape index (κ3) is 8.68. The summed E-state index contributed by atoms with van der Waals surface area (Å²) in [5, 5.41) is 24.5. The second kappa shape index (κ2) is 11.8. The number of rotatable bonds is 3. The number of aromatic carboxylic acids is 3. The quantitative estimate of drug-likeness (QED) is 0.575.